The number of thioether (sulfide) groups is 1. The number of aromatic nitrogens is 3. The van der Waals surface area contributed by atoms with Crippen molar-refractivity contribution in [2.75, 3.05) is 6.61 Å². The number of rotatable bonds is 6. The van der Waals surface area contributed by atoms with Crippen LogP contribution in [0.25, 0.3) is 5.69 Å². The van der Waals surface area contributed by atoms with Crippen molar-refractivity contribution in [3.05, 3.63) is 96.1 Å². The summed E-state index contributed by atoms with van der Waals surface area (Å²) in [6.45, 7) is 0.254. The summed E-state index contributed by atoms with van der Waals surface area (Å²) in [4.78, 5) is 12.3. The van der Waals surface area contributed by atoms with Crippen molar-refractivity contribution >= 4 is 17.7 Å². The number of halogens is 1. The van der Waals surface area contributed by atoms with Crippen LogP contribution in [0.5, 0.6) is 11.5 Å². The zero-order valence-corrected chi connectivity index (χ0v) is 18.1. The van der Waals surface area contributed by atoms with Crippen molar-refractivity contribution < 1.29 is 18.7 Å². The number of hydrogen-bond acceptors (Lipinski definition) is 6. The molecule has 0 saturated carbocycles. The lowest BCUT2D eigenvalue weighted by Gasteiger charge is -2.26. The third-order valence-electron chi connectivity index (χ3n) is 5.12. The van der Waals surface area contributed by atoms with Gasteiger partial charge in [0.25, 0.3) is 0 Å². The molecule has 2 heterocycles. The topological polar surface area (TPSA) is 92.3 Å². The number of carbonyl (C=O) groups excluding carboxylic acids is 1. The second-order valence-corrected chi connectivity index (χ2v) is 8.40. The van der Waals surface area contributed by atoms with Gasteiger partial charge in [0, 0.05) is 5.69 Å². The molecular formula is C24H19FN4O3S. The predicted octanol–water partition coefficient (Wildman–Crippen LogP) is 4.24. The van der Waals surface area contributed by atoms with Crippen LogP contribution in [0.1, 0.15) is 22.7 Å². The van der Waals surface area contributed by atoms with Gasteiger partial charge < -0.3 is 15.2 Å². The highest BCUT2D eigenvalue weighted by molar-refractivity contribution is 8.00. The maximum Gasteiger partial charge on any atom is 0.235 e. The summed E-state index contributed by atoms with van der Waals surface area (Å²) in [6.07, 6.45) is -0.514. The number of nitrogens with zero attached hydrogens (tertiary/aromatic N) is 3. The largest absolute Gasteiger partial charge is 0.485 e. The third-order valence-corrected chi connectivity index (χ3v) is 6.34. The Bertz CT molecular complexity index is 1280. The third kappa shape index (κ3) is 4.27. The van der Waals surface area contributed by atoms with E-state index < -0.39 is 23.1 Å². The van der Waals surface area contributed by atoms with E-state index in [1.165, 1.54) is 24.3 Å². The fourth-order valence-corrected chi connectivity index (χ4v) is 4.58. The highest BCUT2D eigenvalue weighted by Crippen LogP contribution is 2.39. The second-order valence-electron chi connectivity index (χ2n) is 7.33. The predicted molar refractivity (Wildman–Crippen MR) is 121 cm³/mol. The van der Waals surface area contributed by atoms with Crippen molar-refractivity contribution in [3.8, 4) is 17.2 Å². The van der Waals surface area contributed by atoms with Gasteiger partial charge in [-0.2, -0.15) is 0 Å². The van der Waals surface area contributed by atoms with Gasteiger partial charge in [-0.3, -0.25) is 9.36 Å². The van der Waals surface area contributed by atoms with E-state index >= 15 is 0 Å². The van der Waals surface area contributed by atoms with Crippen molar-refractivity contribution in [3.63, 3.8) is 0 Å². The molecule has 33 heavy (non-hydrogen) atoms. The summed E-state index contributed by atoms with van der Waals surface area (Å²) in [5.74, 6) is 0.852. The van der Waals surface area contributed by atoms with E-state index in [4.69, 9.17) is 15.2 Å². The van der Waals surface area contributed by atoms with E-state index in [1.807, 2.05) is 59.2 Å². The zero-order chi connectivity index (χ0) is 22.8. The Morgan fingerprint density at radius 3 is 2.42 bits per heavy atom. The number of primary amides is 1. The lowest BCUT2D eigenvalue weighted by molar-refractivity contribution is -0.117. The highest BCUT2D eigenvalue weighted by atomic mass is 32.2. The number of hydrogen-bond donors (Lipinski definition) is 1. The molecule has 0 bridgehead atoms. The summed E-state index contributed by atoms with van der Waals surface area (Å²) in [5, 5.41) is 8.40. The molecule has 5 rings (SSSR count). The first-order chi connectivity index (χ1) is 16.1. The summed E-state index contributed by atoms with van der Waals surface area (Å²) >= 11 is 1.14. The van der Waals surface area contributed by atoms with Crippen LogP contribution >= 0.6 is 11.8 Å². The van der Waals surface area contributed by atoms with Gasteiger partial charge in [-0.25, -0.2) is 4.39 Å². The van der Waals surface area contributed by atoms with Gasteiger partial charge in [0.1, 0.15) is 17.7 Å². The van der Waals surface area contributed by atoms with Crippen LogP contribution in [0.4, 0.5) is 4.39 Å². The molecule has 0 spiro atoms. The molecule has 2 unspecified atom stereocenters. The molecule has 2 N–H and O–H groups in total. The molecule has 9 heteroatoms. The molecule has 3 aromatic carbocycles. The average molecular weight is 463 g/mol. The van der Waals surface area contributed by atoms with Crippen LogP contribution in [-0.4, -0.2) is 27.3 Å². The van der Waals surface area contributed by atoms with Crippen LogP contribution in [-0.2, 0) is 4.79 Å². The molecule has 2 atom stereocenters. The minimum absolute atomic E-state index is 0.254. The lowest BCUT2D eigenvalue weighted by Crippen LogP contribution is -2.25. The van der Waals surface area contributed by atoms with E-state index in [0.717, 1.165) is 17.4 Å². The van der Waals surface area contributed by atoms with Gasteiger partial charge in [-0.05, 0) is 42.0 Å². The molecule has 0 aliphatic carbocycles. The quantitative estimate of drug-likeness (QED) is 0.431. The Hall–Kier alpha value is -3.85. The smallest absolute Gasteiger partial charge is 0.235 e. The molecule has 4 aromatic rings. The van der Waals surface area contributed by atoms with Crippen molar-refractivity contribution in [1.29, 1.82) is 0 Å². The molecule has 1 aliphatic rings. The zero-order valence-electron chi connectivity index (χ0n) is 17.3. The van der Waals surface area contributed by atoms with Crippen molar-refractivity contribution in [2.45, 2.75) is 16.5 Å². The minimum Gasteiger partial charge on any atom is -0.485 e. The monoisotopic (exact) mass is 462 g/mol. The Labute approximate surface area is 193 Å². The Kier molecular flexibility index (Phi) is 5.70. The molecule has 1 amide bonds. The molecule has 0 radical (unpaired) electrons. The van der Waals surface area contributed by atoms with Crippen LogP contribution < -0.4 is 15.2 Å². The van der Waals surface area contributed by atoms with Crippen LogP contribution in [0, 0.1) is 5.82 Å². The van der Waals surface area contributed by atoms with Crippen LogP contribution in [0.2, 0.25) is 0 Å². The Balaban J connectivity index is 1.54. The van der Waals surface area contributed by atoms with E-state index in [-0.39, 0.29) is 6.61 Å². The Morgan fingerprint density at radius 2 is 1.70 bits per heavy atom. The first-order valence-electron chi connectivity index (χ1n) is 10.2. The fraction of sp³-hybridized carbons (Fsp3) is 0.125. The van der Waals surface area contributed by atoms with Crippen LogP contribution in [0.15, 0.2) is 84.0 Å². The number of ether oxygens (including phenoxy) is 2. The number of nitrogens with two attached hydrogens (primary N) is 1. The molecule has 7 nitrogen and oxygen atoms in total. The lowest BCUT2D eigenvalue weighted by atomic mass is 10.1. The Morgan fingerprint density at radius 1 is 1.00 bits per heavy atom. The molecule has 0 saturated heterocycles. The minimum atomic E-state index is -0.783. The standard InChI is InChI=1S/C24H19FN4O3S/c25-16-12-10-15(11-13-16)21(22(26)30)33-24-28-27-23(29(24)17-6-2-1-3-7-17)20-14-31-18-8-4-5-9-19(18)32-20/h1-13,20-21H,14H2,(H2,26,30). The van der Waals surface area contributed by atoms with Crippen molar-refractivity contribution in [1.82, 2.24) is 14.8 Å². The molecular weight excluding hydrogens is 443 g/mol. The van der Waals surface area contributed by atoms with Gasteiger partial charge in [-0.1, -0.05) is 54.2 Å². The molecule has 1 aliphatic heterocycles. The number of para-hydroxylation sites is 3. The van der Waals surface area contributed by atoms with Gasteiger partial charge in [-0.15, -0.1) is 10.2 Å². The molecule has 166 valence electrons. The number of carbonyl (C=O) groups is 1. The van der Waals surface area contributed by atoms with Crippen molar-refractivity contribution in [2.24, 2.45) is 5.73 Å². The first kappa shape index (κ1) is 21.0. The van der Waals surface area contributed by atoms with Gasteiger partial charge in [0.15, 0.2) is 28.6 Å². The van der Waals surface area contributed by atoms with E-state index in [9.17, 15) is 9.18 Å². The van der Waals surface area contributed by atoms with E-state index in [1.54, 1.807) is 0 Å². The summed E-state index contributed by atoms with van der Waals surface area (Å²) < 4.78 is 27.2. The number of fused-ring (bicyclic) bond motifs is 1. The summed E-state index contributed by atoms with van der Waals surface area (Å²) in [6, 6.07) is 22.6. The van der Waals surface area contributed by atoms with Gasteiger partial charge >= 0.3 is 0 Å². The SMILES string of the molecule is NC(=O)C(Sc1nnc(C2COc3ccccc3O2)n1-c1ccccc1)c1ccc(F)cc1. The number of amides is 1. The van der Waals surface area contributed by atoms with Crippen LogP contribution in [0.3, 0.4) is 0 Å². The highest BCUT2D eigenvalue weighted by Gasteiger charge is 2.31. The van der Waals surface area contributed by atoms with E-state index in [2.05, 4.69) is 10.2 Å². The maximum atomic E-state index is 13.4. The summed E-state index contributed by atoms with van der Waals surface area (Å²) in [5.41, 5.74) is 7.06. The molecule has 0 fully saturated rings. The second kappa shape index (κ2) is 8.95. The first-order valence-corrected chi connectivity index (χ1v) is 11.1. The average Bonchev–Trinajstić information content (AvgIpc) is 3.27. The molecule has 1 aromatic heterocycles. The summed E-state index contributed by atoms with van der Waals surface area (Å²) in [7, 11) is 0. The number of benzene rings is 3. The maximum absolute atomic E-state index is 13.4. The van der Waals surface area contributed by atoms with Gasteiger partial charge in [0.05, 0.1) is 0 Å². The fourth-order valence-electron chi connectivity index (χ4n) is 3.57. The normalized spacial score (nSPS) is 15.7. The van der Waals surface area contributed by atoms with E-state index in [0.29, 0.717) is 28.0 Å². The van der Waals surface area contributed by atoms with Gasteiger partial charge in [0.2, 0.25) is 5.91 Å².